The Kier molecular flexibility index (Phi) is 6.42. The van der Waals surface area contributed by atoms with Crippen LogP contribution in [0, 0.1) is 0 Å². The standard InChI is InChI=1S/C20H16Cl2N2O4S/c1-3-28-16-5-4-11(7-17(16)27-2)6-15-18(25)23-20(29)24(19(15)26)14-9-12(21)8-13(22)10-14/h4-10H,3H2,1-2H3,(H,23,25,29)/b15-6-. The van der Waals surface area contributed by atoms with Crippen LogP contribution in [0.2, 0.25) is 10.0 Å². The number of ether oxygens (including phenoxy) is 2. The van der Waals surface area contributed by atoms with Gasteiger partial charge in [-0.2, -0.15) is 0 Å². The van der Waals surface area contributed by atoms with E-state index in [4.69, 9.17) is 44.9 Å². The van der Waals surface area contributed by atoms with Crippen molar-refractivity contribution >= 4 is 64.1 Å². The quantitative estimate of drug-likeness (QED) is 0.419. The summed E-state index contributed by atoms with van der Waals surface area (Å²) in [5.41, 5.74) is 0.842. The minimum atomic E-state index is -0.600. The number of methoxy groups -OCH3 is 1. The van der Waals surface area contributed by atoms with E-state index in [0.29, 0.717) is 39.4 Å². The number of hydrogen-bond acceptors (Lipinski definition) is 5. The van der Waals surface area contributed by atoms with Crippen LogP contribution in [0.25, 0.3) is 6.08 Å². The summed E-state index contributed by atoms with van der Waals surface area (Å²) in [5.74, 6) is -0.144. The van der Waals surface area contributed by atoms with E-state index in [9.17, 15) is 9.59 Å². The summed E-state index contributed by atoms with van der Waals surface area (Å²) in [6, 6.07) is 9.70. The molecular weight excluding hydrogens is 435 g/mol. The Morgan fingerprint density at radius 1 is 1.10 bits per heavy atom. The lowest BCUT2D eigenvalue weighted by Crippen LogP contribution is -2.54. The maximum Gasteiger partial charge on any atom is 0.270 e. The van der Waals surface area contributed by atoms with E-state index in [-0.39, 0.29) is 10.7 Å². The number of carbonyl (C=O) groups excluding carboxylic acids is 2. The van der Waals surface area contributed by atoms with Crippen molar-refractivity contribution in [3.8, 4) is 11.5 Å². The molecule has 2 aromatic carbocycles. The minimum absolute atomic E-state index is 0.0558. The van der Waals surface area contributed by atoms with Crippen molar-refractivity contribution in [3.05, 3.63) is 57.6 Å². The normalized spacial score (nSPS) is 15.5. The number of benzene rings is 2. The number of halogens is 2. The number of nitrogens with one attached hydrogen (secondary N) is 1. The van der Waals surface area contributed by atoms with E-state index in [2.05, 4.69) is 5.32 Å². The molecule has 150 valence electrons. The van der Waals surface area contributed by atoms with Crippen LogP contribution in [0.5, 0.6) is 11.5 Å². The molecule has 0 spiro atoms. The Hall–Kier alpha value is -2.61. The molecular formula is C20H16Cl2N2O4S. The molecule has 1 fully saturated rings. The lowest BCUT2D eigenvalue weighted by molar-refractivity contribution is -0.122. The van der Waals surface area contributed by atoms with Gasteiger partial charge in [-0.15, -0.1) is 0 Å². The van der Waals surface area contributed by atoms with Gasteiger partial charge in [0.25, 0.3) is 11.8 Å². The Morgan fingerprint density at radius 2 is 1.79 bits per heavy atom. The van der Waals surface area contributed by atoms with Crippen molar-refractivity contribution in [3.63, 3.8) is 0 Å². The lowest BCUT2D eigenvalue weighted by Gasteiger charge is -2.29. The summed E-state index contributed by atoms with van der Waals surface area (Å²) in [6.07, 6.45) is 1.46. The van der Waals surface area contributed by atoms with Gasteiger partial charge in [0.2, 0.25) is 0 Å². The van der Waals surface area contributed by atoms with Crippen LogP contribution in [-0.4, -0.2) is 30.6 Å². The number of rotatable bonds is 5. The fraction of sp³-hybridized carbons (Fsp3) is 0.150. The van der Waals surface area contributed by atoms with Crippen molar-refractivity contribution in [2.45, 2.75) is 6.92 Å². The molecule has 0 aliphatic carbocycles. The summed E-state index contributed by atoms with van der Waals surface area (Å²) in [5, 5.41) is 3.13. The zero-order valence-electron chi connectivity index (χ0n) is 15.5. The summed E-state index contributed by atoms with van der Waals surface area (Å²) in [6.45, 7) is 2.34. The highest BCUT2D eigenvalue weighted by atomic mass is 35.5. The lowest BCUT2D eigenvalue weighted by atomic mass is 10.1. The van der Waals surface area contributed by atoms with Crippen LogP contribution in [-0.2, 0) is 9.59 Å². The highest BCUT2D eigenvalue weighted by Gasteiger charge is 2.34. The first kappa shape index (κ1) is 21.1. The predicted molar refractivity (Wildman–Crippen MR) is 117 cm³/mol. The van der Waals surface area contributed by atoms with E-state index >= 15 is 0 Å². The molecule has 6 nitrogen and oxygen atoms in total. The smallest absolute Gasteiger partial charge is 0.270 e. The van der Waals surface area contributed by atoms with Crippen LogP contribution >= 0.6 is 35.4 Å². The molecule has 1 N–H and O–H groups in total. The maximum absolute atomic E-state index is 13.1. The second-order valence-electron chi connectivity index (χ2n) is 5.93. The molecule has 3 rings (SSSR count). The van der Waals surface area contributed by atoms with Crippen molar-refractivity contribution in [2.75, 3.05) is 18.6 Å². The Labute approximate surface area is 183 Å². The number of amides is 2. The largest absolute Gasteiger partial charge is 0.493 e. The number of thiocarbonyl (C=S) groups is 1. The molecule has 0 saturated carbocycles. The molecule has 1 saturated heterocycles. The van der Waals surface area contributed by atoms with Gasteiger partial charge < -0.3 is 9.47 Å². The van der Waals surface area contributed by atoms with Crippen LogP contribution in [0.1, 0.15) is 12.5 Å². The van der Waals surface area contributed by atoms with Gasteiger partial charge in [-0.1, -0.05) is 29.3 Å². The van der Waals surface area contributed by atoms with Gasteiger partial charge >= 0.3 is 0 Å². The van der Waals surface area contributed by atoms with Gasteiger partial charge in [-0.25, -0.2) is 0 Å². The molecule has 0 aromatic heterocycles. The predicted octanol–water partition coefficient (Wildman–Crippen LogP) is 4.23. The molecule has 1 aliphatic rings. The zero-order chi connectivity index (χ0) is 21.1. The van der Waals surface area contributed by atoms with Gasteiger partial charge in [0.05, 0.1) is 19.4 Å². The highest BCUT2D eigenvalue weighted by molar-refractivity contribution is 7.80. The average molecular weight is 451 g/mol. The SMILES string of the molecule is CCOc1ccc(/C=C2/C(=O)NC(=S)N(c3cc(Cl)cc(Cl)c3)C2=O)cc1OC. The monoisotopic (exact) mass is 450 g/mol. The van der Waals surface area contributed by atoms with Crippen LogP contribution in [0.4, 0.5) is 5.69 Å². The van der Waals surface area contributed by atoms with Crippen molar-refractivity contribution < 1.29 is 19.1 Å². The molecule has 0 radical (unpaired) electrons. The van der Waals surface area contributed by atoms with Crippen molar-refractivity contribution in [1.29, 1.82) is 0 Å². The third kappa shape index (κ3) is 4.53. The summed E-state index contributed by atoms with van der Waals surface area (Å²) in [7, 11) is 1.51. The molecule has 0 bridgehead atoms. The highest BCUT2D eigenvalue weighted by Crippen LogP contribution is 2.31. The molecule has 2 amide bonds. The van der Waals surface area contributed by atoms with Gasteiger partial charge in [-0.3, -0.25) is 19.8 Å². The Morgan fingerprint density at radius 3 is 2.41 bits per heavy atom. The molecule has 1 aliphatic heterocycles. The van der Waals surface area contributed by atoms with Gasteiger partial charge in [-0.05, 0) is 61.1 Å². The Balaban J connectivity index is 2.01. The van der Waals surface area contributed by atoms with Crippen LogP contribution in [0.15, 0.2) is 42.0 Å². The first-order valence-electron chi connectivity index (χ1n) is 8.52. The number of anilines is 1. The number of carbonyl (C=O) groups is 2. The fourth-order valence-electron chi connectivity index (χ4n) is 2.78. The molecule has 9 heteroatoms. The third-order valence-corrected chi connectivity index (χ3v) is 4.73. The maximum atomic E-state index is 13.1. The first-order valence-corrected chi connectivity index (χ1v) is 9.69. The molecule has 2 aromatic rings. The van der Waals surface area contributed by atoms with Gasteiger partial charge in [0, 0.05) is 10.0 Å². The third-order valence-electron chi connectivity index (χ3n) is 4.01. The van der Waals surface area contributed by atoms with Crippen molar-refractivity contribution in [1.82, 2.24) is 5.32 Å². The Bertz CT molecular complexity index is 1020. The average Bonchev–Trinajstić information content (AvgIpc) is 2.65. The zero-order valence-corrected chi connectivity index (χ0v) is 17.8. The van der Waals surface area contributed by atoms with E-state index < -0.39 is 11.8 Å². The molecule has 0 unspecified atom stereocenters. The van der Waals surface area contributed by atoms with Gasteiger partial charge in [0.15, 0.2) is 16.6 Å². The molecule has 0 atom stereocenters. The summed E-state index contributed by atoms with van der Waals surface area (Å²) in [4.78, 5) is 26.7. The molecule has 29 heavy (non-hydrogen) atoms. The topological polar surface area (TPSA) is 67.9 Å². The van der Waals surface area contributed by atoms with Crippen molar-refractivity contribution in [2.24, 2.45) is 0 Å². The second kappa shape index (κ2) is 8.82. The van der Waals surface area contributed by atoms with E-state index in [1.54, 1.807) is 18.2 Å². The number of nitrogens with zero attached hydrogens (tertiary/aromatic N) is 1. The minimum Gasteiger partial charge on any atom is -0.493 e. The van der Waals surface area contributed by atoms with Crippen LogP contribution in [0.3, 0.4) is 0 Å². The van der Waals surface area contributed by atoms with Crippen LogP contribution < -0.4 is 19.7 Å². The van der Waals surface area contributed by atoms with E-state index in [1.165, 1.54) is 36.3 Å². The molecule has 1 heterocycles. The second-order valence-corrected chi connectivity index (χ2v) is 7.19. The summed E-state index contributed by atoms with van der Waals surface area (Å²) < 4.78 is 10.8. The van der Waals surface area contributed by atoms with E-state index in [0.717, 1.165) is 0 Å². The first-order chi connectivity index (χ1) is 13.8. The van der Waals surface area contributed by atoms with E-state index in [1.807, 2.05) is 6.92 Å². The van der Waals surface area contributed by atoms with Gasteiger partial charge in [0.1, 0.15) is 5.57 Å². The fourth-order valence-corrected chi connectivity index (χ4v) is 3.57. The number of hydrogen-bond donors (Lipinski definition) is 1. The summed E-state index contributed by atoms with van der Waals surface area (Å²) >= 11 is 17.3.